The molecule has 0 fully saturated rings. The molecule has 0 radical (unpaired) electrons. The van der Waals surface area contributed by atoms with Crippen molar-refractivity contribution in [1.82, 2.24) is 0 Å². The van der Waals surface area contributed by atoms with Gasteiger partial charge in [0.05, 0.1) is 14.8 Å². The molecule has 1 aromatic rings. The van der Waals surface area contributed by atoms with E-state index in [0.717, 1.165) is 6.26 Å². The smallest absolute Gasteiger partial charge is 0.175 e. The molecule has 0 saturated heterocycles. The van der Waals surface area contributed by atoms with Crippen molar-refractivity contribution in [3.8, 4) is 0 Å². The van der Waals surface area contributed by atoms with E-state index in [0.29, 0.717) is 0 Å². The molecule has 0 aliphatic carbocycles. The summed E-state index contributed by atoms with van der Waals surface area (Å²) < 4.78 is 33.2. The van der Waals surface area contributed by atoms with E-state index < -0.39 is 20.8 Å². The monoisotopic (exact) mass is 283 g/mol. The summed E-state index contributed by atoms with van der Waals surface area (Å²) in [5, 5.41) is 5.31. The zero-order chi connectivity index (χ0) is 12.9. The molecule has 2 N–H and O–H groups in total. The summed E-state index contributed by atoms with van der Waals surface area (Å²) in [5.74, 6) is 0. The van der Waals surface area contributed by atoms with Crippen LogP contribution in [0.4, 0.5) is 0 Å². The predicted molar refractivity (Wildman–Crippen MR) is 66.5 cm³/mol. The lowest BCUT2D eigenvalue weighted by molar-refractivity contribution is 0.601. The van der Waals surface area contributed by atoms with Crippen LogP contribution in [-0.2, 0) is 20.8 Å². The molecule has 1 atom stereocenters. The molecule has 1 unspecified atom stereocenters. The lowest BCUT2D eigenvalue weighted by Gasteiger charge is -2.02. The van der Waals surface area contributed by atoms with E-state index in [2.05, 4.69) is 0 Å². The lowest BCUT2D eigenvalue weighted by Crippen LogP contribution is -2.05. The largest absolute Gasteiger partial charge is 0.248 e. The van der Waals surface area contributed by atoms with E-state index in [-0.39, 0.29) is 14.8 Å². The van der Waals surface area contributed by atoms with Crippen LogP contribution in [-0.4, -0.2) is 18.9 Å². The van der Waals surface area contributed by atoms with Gasteiger partial charge in [0.15, 0.2) is 9.84 Å². The Morgan fingerprint density at radius 1 is 1.31 bits per heavy atom. The maximum absolute atomic E-state index is 11.1. The summed E-state index contributed by atoms with van der Waals surface area (Å²) in [7, 11) is -5.11. The molecule has 16 heavy (non-hydrogen) atoms. The van der Waals surface area contributed by atoms with E-state index in [9.17, 15) is 12.6 Å². The van der Waals surface area contributed by atoms with Crippen LogP contribution in [0.2, 0.25) is 5.02 Å². The molecule has 7 heteroatoms. The highest BCUT2D eigenvalue weighted by atomic mass is 35.5. The SMILES string of the molecule is CC.CS(=O)(=O)c1ccc(Cl)c(S(N)=O)c1. The average Bonchev–Trinajstić information content (AvgIpc) is 2.19. The maximum Gasteiger partial charge on any atom is 0.175 e. The molecule has 1 rings (SSSR count). The summed E-state index contributed by atoms with van der Waals surface area (Å²) in [5.41, 5.74) is 0. The van der Waals surface area contributed by atoms with Crippen LogP contribution in [0.25, 0.3) is 0 Å². The molecule has 0 aliphatic heterocycles. The topological polar surface area (TPSA) is 77.2 Å². The summed E-state index contributed by atoms with van der Waals surface area (Å²) >= 11 is 5.67. The molecule has 92 valence electrons. The Morgan fingerprint density at radius 2 is 1.81 bits per heavy atom. The summed E-state index contributed by atoms with van der Waals surface area (Å²) in [6.07, 6.45) is 1.06. The minimum Gasteiger partial charge on any atom is -0.248 e. The Labute approximate surface area is 103 Å². The van der Waals surface area contributed by atoms with Crippen LogP contribution in [0.1, 0.15) is 13.8 Å². The van der Waals surface area contributed by atoms with E-state index in [4.69, 9.17) is 16.7 Å². The third kappa shape index (κ3) is 4.21. The fourth-order valence-electron chi connectivity index (χ4n) is 0.869. The first-order valence-corrected chi connectivity index (χ1v) is 7.96. The number of hydrogen-bond acceptors (Lipinski definition) is 3. The zero-order valence-electron chi connectivity index (χ0n) is 9.23. The summed E-state index contributed by atoms with van der Waals surface area (Å²) in [6.45, 7) is 4.00. The van der Waals surface area contributed by atoms with Crippen molar-refractivity contribution in [3.63, 3.8) is 0 Å². The molecule has 1 aromatic carbocycles. The van der Waals surface area contributed by atoms with Crippen molar-refractivity contribution in [1.29, 1.82) is 0 Å². The van der Waals surface area contributed by atoms with Gasteiger partial charge in [0.25, 0.3) is 0 Å². The van der Waals surface area contributed by atoms with Gasteiger partial charge in [0.1, 0.15) is 11.0 Å². The van der Waals surface area contributed by atoms with Gasteiger partial charge in [-0.2, -0.15) is 0 Å². The zero-order valence-corrected chi connectivity index (χ0v) is 11.6. The van der Waals surface area contributed by atoms with E-state index in [1.165, 1.54) is 18.2 Å². The Balaban J connectivity index is 0.00000106. The minimum absolute atomic E-state index is 0.0516. The quantitative estimate of drug-likeness (QED) is 0.898. The molecular formula is C9H14ClNO3S2. The minimum atomic E-state index is -3.32. The van der Waals surface area contributed by atoms with Gasteiger partial charge >= 0.3 is 0 Å². The van der Waals surface area contributed by atoms with Crippen molar-refractivity contribution in [2.75, 3.05) is 6.26 Å². The number of rotatable bonds is 2. The second-order valence-electron chi connectivity index (χ2n) is 2.66. The first-order valence-electron chi connectivity index (χ1n) is 4.48. The van der Waals surface area contributed by atoms with Crippen LogP contribution in [0.3, 0.4) is 0 Å². The molecule has 0 saturated carbocycles. The van der Waals surface area contributed by atoms with Gasteiger partial charge in [0.2, 0.25) is 0 Å². The number of benzene rings is 1. The van der Waals surface area contributed by atoms with Crippen molar-refractivity contribution >= 4 is 32.4 Å². The average molecular weight is 284 g/mol. The second-order valence-corrected chi connectivity index (χ2v) is 6.12. The molecule has 0 spiro atoms. The third-order valence-electron chi connectivity index (χ3n) is 1.55. The Bertz CT molecular complexity index is 486. The first kappa shape index (κ1) is 15.6. The van der Waals surface area contributed by atoms with Crippen LogP contribution < -0.4 is 5.14 Å². The molecular weight excluding hydrogens is 270 g/mol. The number of nitrogens with two attached hydrogens (primary N) is 1. The van der Waals surface area contributed by atoms with E-state index in [1.807, 2.05) is 13.8 Å². The highest BCUT2D eigenvalue weighted by Crippen LogP contribution is 2.21. The Morgan fingerprint density at radius 3 is 2.19 bits per heavy atom. The van der Waals surface area contributed by atoms with Crippen LogP contribution in [0.5, 0.6) is 0 Å². The van der Waals surface area contributed by atoms with Gasteiger partial charge < -0.3 is 0 Å². The van der Waals surface area contributed by atoms with Gasteiger partial charge in [-0.3, -0.25) is 0 Å². The first-order chi connectivity index (χ1) is 7.32. The van der Waals surface area contributed by atoms with Gasteiger partial charge in [0, 0.05) is 6.26 Å². The van der Waals surface area contributed by atoms with Gasteiger partial charge in [-0.25, -0.2) is 17.8 Å². The van der Waals surface area contributed by atoms with Crippen LogP contribution in [0.15, 0.2) is 28.0 Å². The van der Waals surface area contributed by atoms with Crippen LogP contribution >= 0.6 is 11.6 Å². The highest BCUT2D eigenvalue weighted by Gasteiger charge is 2.12. The predicted octanol–water partition coefficient (Wildman–Crippen LogP) is 1.75. The summed E-state index contributed by atoms with van der Waals surface area (Å²) in [4.78, 5) is 0.172. The van der Waals surface area contributed by atoms with Crippen molar-refractivity contribution in [3.05, 3.63) is 23.2 Å². The molecule has 0 heterocycles. The fourth-order valence-corrected chi connectivity index (χ4v) is 2.44. The normalized spacial score (nSPS) is 12.6. The fraction of sp³-hybridized carbons (Fsp3) is 0.333. The number of hydrogen-bond donors (Lipinski definition) is 1. The van der Waals surface area contributed by atoms with Crippen molar-refractivity contribution < 1.29 is 12.6 Å². The van der Waals surface area contributed by atoms with E-state index in [1.54, 1.807) is 0 Å². The van der Waals surface area contributed by atoms with Gasteiger partial charge in [-0.1, -0.05) is 25.4 Å². The maximum atomic E-state index is 11.1. The second kappa shape index (κ2) is 6.34. The molecule has 0 aromatic heterocycles. The Kier molecular flexibility index (Phi) is 6.17. The number of sulfone groups is 1. The highest BCUT2D eigenvalue weighted by molar-refractivity contribution is 7.90. The molecule has 4 nitrogen and oxygen atoms in total. The third-order valence-corrected chi connectivity index (χ3v) is 3.87. The number of halogens is 1. The Hall–Kier alpha value is -0.430. The van der Waals surface area contributed by atoms with Crippen molar-refractivity contribution in [2.24, 2.45) is 5.14 Å². The standard InChI is InChI=1S/C7H8ClNO3S2.C2H6/c1-14(11,12)5-2-3-6(8)7(4-5)13(9)10;1-2/h2-4H,9H2,1H3;1-2H3. The van der Waals surface area contributed by atoms with Gasteiger partial charge in [-0.15, -0.1) is 0 Å². The van der Waals surface area contributed by atoms with Crippen molar-refractivity contribution in [2.45, 2.75) is 23.6 Å². The molecule has 0 aliphatic rings. The van der Waals surface area contributed by atoms with Crippen LogP contribution in [0, 0.1) is 0 Å². The molecule has 0 amide bonds. The van der Waals surface area contributed by atoms with E-state index >= 15 is 0 Å². The molecule has 0 bridgehead atoms. The summed E-state index contributed by atoms with van der Waals surface area (Å²) in [6, 6.07) is 3.92. The lowest BCUT2D eigenvalue weighted by atomic mass is 10.4. The van der Waals surface area contributed by atoms with Gasteiger partial charge in [-0.05, 0) is 18.2 Å².